The van der Waals surface area contributed by atoms with Crippen LogP contribution in [0.4, 0.5) is 5.69 Å². The summed E-state index contributed by atoms with van der Waals surface area (Å²) in [5.74, 6) is 0. The first-order chi connectivity index (χ1) is 8.38. The van der Waals surface area contributed by atoms with Gasteiger partial charge in [0.05, 0.1) is 11.9 Å². The van der Waals surface area contributed by atoms with Crippen molar-refractivity contribution in [3.63, 3.8) is 0 Å². The van der Waals surface area contributed by atoms with Crippen LogP contribution in [-0.2, 0) is 10.0 Å². The summed E-state index contributed by atoms with van der Waals surface area (Å²) >= 11 is 6.56. The maximum absolute atomic E-state index is 12.1. The molecule has 0 aliphatic rings. The third-order valence-corrected chi connectivity index (χ3v) is 5.29. The second-order valence-electron chi connectivity index (χ2n) is 3.86. The SMILES string of the molecule is Cc1ccc(NS(=O)(=O)c2cnc(Cl)s2)c(C)c1. The van der Waals surface area contributed by atoms with E-state index in [1.807, 2.05) is 26.0 Å². The van der Waals surface area contributed by atoms with E-state index in [1.165, 1.54) is 6.20 Å². The Hall–Kier alpha value is -1.11. The fraction of sp³-hybridized carbons (Fsp3) is 0.182. The van der Waals surface area contributed by atoms with Crippen LogP contribution in [0.25, 0.3) is 0 Å². The van der Waals surface area contributed by atoms with Crippen molar-refractivity contribution < 1.29 is 8.42 Å². The van der Waals surface area contributed by atoms with E-state index < -0.39 is 10.0 Å². The summed E-state index contributed by atoms with van der Waals surface area (Å²) in [5.41, 5.74) is 2.51. The predicted molar refractivity (Wildman–Crippen MR) is 73.8 cm³/mol. The summed E-state index contributed by atoms with van der Waals surface area (Å²) in [6, 6.07) is 5.51. The average Bonchev–Trinajstić information content (AvgIpc) is 2.70. The van der Waals surface area contributed by atoms with E-state index in [9.17, 15) is 8.42 Å². The van der Waals surface area contributed by atoms with Gasteiger partial charge in [-0.1, -0.05) is 40.6 Å². The molecule has 0 unspecified atom stereocenters. The van der Waals surface area contributed by atoms with Gasteiger partial charge in [0.25, 0.3) is 10.0 Å². The second kappa shape index (κ2) is 4.87. The molecule has 0 aliphatic heterocycles. The van der Waals surface area contributed by atoms with Crippen LogP contribution in [0.15, 0.2) is 28.6 Å². The van der Waals surface area contributed by atoms with Crippen molar-refractivity contribution in [3.8, 4) is 0 Å². The van der Waals surface area contributed by atoms with E-state index >= 15 is 0 Å². The highest BCUT2D eigenvalue weighted by molar-refractivity contribution is 7.94. The standard InChI is InChI=1S/C11H11ClN2O2S2/c1-7-3-4-9(8(2)5-7)14-18(15,16)10-6-13-11(12)17-10/h3-6,14H,1-2H3. The minimum atomic E-state index is -3.61. The number of nitrogens with zero attached hydrogens (tertiary/aromatic N) is 1. The van der Waals surface area contributed by atoms with Gasteiger partial charge in [0.1, 0.15) is 0 Å². The Morgan fingerprint density at radius 2 is 2.06 bits per heavy atom. The van der Waals surface area contributed by atoms with Crippen molar-refractivity contribution in [2.45, 2.75) is 18.1 Å². The Kier molecular flexibility index (Phi) is 3.61. The van der Waals surface area contributed by atoms with Gasteiger partial charge in [0.15, 0.2) is 8.68 Å². The molecule has 7 heteroatoms. The van der Waals surface area contributed by atoms with Crippen molar-refractivity contribution in [1.29, 1.82) is 0 Å². The number of aromatic nitrogens is 1. The Bertz CT molecular complexity index is 680. The number of aryl methyl sites for hydroxylation is 2. The largest absolute Gasteiger partial charge is 0.279 e. The molecular weight excluding hydrogens is 292 g/mol. The summed E-state index contributed by atoms with van der Waals surface area (Å²) in [5, 5.41) is 0. The summed E-state index contributed by atoms with van der Waals surface area (Å²) in [4.78, 5) is 3.73. The van der Waals surface area contributed by atoms with Crippen LogP contribution in [0.1, 0.15) is 11.1 Å². The first-order valence-corrected chi connectivity index (χ1v) is 7.77. The molecule has 2 aromatic rings. The molecule has 1 aromatic heterocycles. The van der Waals surface area contributed by atoms with Crippen LogP contribution in [0.3, 0.4) is 0 Å². The highest BCUT2D eigenvalue weighted by atomic mass is 35.5. The van der Waals surface area contributed by atoms with Crippen molar-refractivity contribution >= 4 is 38.6 Å². The number of anilines is 1. The average molecular weight is 303 g/mol. The number of hydrogen-bond acceptors (Lipinski definition) is 4. The molecule has 1 N–H and O–H groups in total. The van der Waals surface area contributed by atoms with E-state index in [1.54, 1.807) is 6.07 Å². The van der Waals surface area contributed by atoms with E-state index in [4.69, 9.17) is 11.6 Å². The quantitative estimate of drug-likeness (QED) is 0.947. The molecule has 1 aromatic carbocycles. The lowest BCUT2D eigenvalue weighted by molar-refractivity contribution is 0.603. The van der Waals surface area contributed by atoms with Crippen LogP contribution in [0.5, 0.6) is 0 Å². The smallest absolute Gasteiger partial charge is 0.273 e. The lowest BCUT2D eigenvalue weighted by Gasteiger charge is -2.09. The Balaban J connectivity index is 2.33. The van der Waals surface area contributed by atoms with Crippen LogP contribution >= 0.6 is 22.9 Å². The molecular formula is C11H11ClN2O2S2. The first kappa shape index (κ1) is 13.3. The number of rotatable bonds is 3. The maximum atomic E-state index is 12.1. The number of sulfonamides is 1. The zero-order valence-electron chi connectivity index (χ0n) is 9.77. The normalized spacial score (nSPS) is 11.5. The van der Waals surface area contributed by atoms with Gasteiger partial charge in [-0.25, -0.2) is 13.4 Å². The number of thiazole rings is 1. The molecule has 4 nitrogen and oxygen atoms in total. The molecule has 0 spiro atoms. The minimum absolute atomic E-state index is 0.104. The molecule has 0 radical (unpaired) electrons. The molecule has 0 saturated carbocycles. The van der Waals surface area contributed by atoms with Crippen LogP contribution < -0.4 is 4.72 Å². The number of nitrogens with one attached hydrogen (secondary N) is 1. The highest BCUT2D eigenvalue weighted by Gasteiger charge is 2.18. The van der Waals surface area contributed by atoms with E-state index in [2.05, 4.69) is 9.71 Å². The van der Waals surface area contributed by atoms with Gasteiger partial charge < -0.3 is 0 Å². The summed E-state index contributed by atoms with van der Waals surface area (Å²) in [6.45, 7) is 3.80. The number of benzene rings is 1. The topological polar surface area (TPSA) is 59.1 Å². The van der Waals surface area contributed by atoms with Gasteiger partial charge in [-0.05, 0) is 25.5 Å². The van der Waals surface area contributed by atoms with Gasteiger partial charge >= 0.3 is 0 Å². The van der Waals surface area contributed by atoms with Crippen molar-refractivity contribution in [2.24, 2.45) is 0 Å². The molecule has 0 saturated heterocycles. The Morgan fingerprint density at radius 3 is 2.61 bits per heavy atom. The molecule has 1 heterocycles. The second-order valence-corrected chi connectivity index (χ2v) is 7.38. The van der Waals surface area contributed by atoms with Crippen molar-refractivity contribution in [3.05, 3.63) is 40.0 Å². The lowest BCUT2D eigenvalue weighted by Crippen LogP contribution is -2.12. The third kappa shape index (κ3) is 2.82. The van der Waals surface area contributed by atoms with E-state index in [0.29, 0.717) is 5.69 Å². The summed E-state index contributed by atoms with van der Waals surface area (Å²) in [6.07, 6.45) is 1.25. The van der Waals surface area contributed by atoms with Crippen LogP contribution in [-0.4, -0.2) is 13.4 Å². The third-order valence-electron chi connectivity index (χ3n) is 2.35. The number of halogens is 1. The minimum Gasteiger partial charge on any atom is -0.279 e. The molecule has 18 heavy (non-hydrogen) atoms. The van der Waals surface area contributed by atoms with Crippen molar-refractivity contribution in [2.75, 3.05) is 4.72 Å². The summed E-state index contributed by atoms with van der Waals surface area (Å²) in [7, 11) is -3.61. The molecule has 0 fully saturated rings. The Labute approximate surface area is 115 Å². The van der Waals surface area contributed by atoms with Gasteiger partial charge in [-0.15, -0.1) is 0 Å². The van der Waals surface area contributed by atoms with E-state index in [0.717, 1.165) is 22.5 Å². The van der Waals surface area contributed by atoms with Crippen LogP contribution in [0, 0.1) is 13.8 Å². The van der Waals surface area contributed by atoms with Gasteiger partial charge in [-0.3, -0.25) is 4.72 Å². The summed E-state index contributed by atoms with van der Waals surface area (Å²) < 4.78 is 26.9. The molecule has 0 aliphatic carbocycles. The zero-order chi connectivity index (χ0) is 13.3. The monoisotopic (exact) mass is 302 g/mol. The van der Waals surface area contributed by atoms with E-state index in [-0.39, 0.29) is 8.68 Å². The molecule has 0 bridgehead atoms. The molecule has 2 rings (SSSR count). The fourth-order valence-electron chi connectivity index (χ4n) is 1.49. The number of hydrogen-bond donors (Lipinski definition) is 1. The van der Waals surface area contributed by atoms with Gasteiger partial charge in [0, 0.05) is 0 Å². The predicted octanol–water partition coefficient (Wildman–Crippen LogP) is 3.21. The first-order valence-electron chi connectivity index (χ1n) is 5.10. The van der Waals surface area contributed by atoms with Crippen molar-refractivity contribution in [1.82, 2.24) is 4.98 Å². The van der Waals surface area contributed by atoms with Crippen LogP contribution in [0.2, 0.25) is 4.47 Å². The zero-order valence-corrected chi connectivity index (χ0v) is 12.2. The molecule has 96 valence electrons. The highest BCUT2D eigenvalue weighted by Crippen LogP contribution is 2.26. The maximum Gasteiger partial charge on any atom is 0.273 e. The Morgan fingerprint density at radius 1 is 1.33 bits per heavy atom. The lowest BCUT2D eigenvalue weighted by atomic mass is 10.1. The molecule has 0 atom stereocenters. The van der Waals surface area contributed by atoms with Gasteiger partial charge in [-0.2, -0.15) is 0 Å². The molecule has 0 amide bonds. The fourth-order valence-corrected chi connectivity index (χ4v) is 3.91. The van der Waals surface area contributed by atoms with Gasteiger partial charge in [0.2, 0.25) is 0 Å².